The van der Waals surface area contributed by atoms with Gasteiger partial charge in [0.15, 0.2) is 17.4 Å². The van der Waals surface area contributed by atoms with Gasteiger partial charge in [0.2, 0.25) is 0 Å². The Labute approximate surface area is 92.4 Å². The summed E-state index contributed by atoms with van der Waals surface area (Å²) in [6.45, 7) is 0. The van der Waals surface area contributed by atoms with Crippen LogP contribution in [-0.2, 0) is 0 Å². The van der Waals surface area contributed by atoms with Crippen molar-refractivity contribution in [3.63, 3.8) is 0 Å². The normalized spacial score (nSPS) is 17.9. The molecule has 2 nitrogen and oxygen atoms in total. The molecule has 0 saturated heterocycles. The number of carbonyl (C=O) groups excluding carboxylic acids is 1. The van der Waals surface area contributed by atoms with Crippen LogP contribution in [0.4, 0.5) is 8.78 Å². The molecule has 1 aliphatic rings. The van der Waals surface area contributed by atoms with Crippen LogP contribution in [0.5, 0.6) is 0 Å². The minimum atomic E-state index is -0.995. The number of benzene rings is 1. The first-order chi connectivity index (χ1) is 7.50. The van der Waals surface area contributed by atoms with Crippen LogP contribution in [0.1, 0.15) is 36.0 Å². The van der Waals surface area contributed by atoms with E-state index in [9.17, 15) is 13.6 Å². The molecule has 0 amide bonds. The smallest absolute Gasteiger partial charge is 0.164 e. The third-order valence-electron chi connectivity index (χ3n) is 3.10. The second-order valence-electron chi connectivity index (χ2n) is 4.44. The lowest BCUT2D eigenvalue weighted by atomic mass is 9.74. The molecule has 1 fully saturated rings. The third kappa shape index (κ3) is 2.11. The van der Waals surface area contributed by atoms with E-state index in [1.807, 2.05) is 0 Å². The van der Waals surface area contributed by atoms with Gasteiger partial charge < -0.3 is 5.73 Å². The van der Waals surface area contributed by atoms with Crippen molar-refractivity contribution < 1.29 is 13.6 Å². The zero-order valence-electron chi connectivity index (χ0n) is 8.80. The van der Waals surface area contributed by atoms with Crippen LogP contribution < -0.4 is 5.73 Å². The van der Waals surface area contributed by atoms with E-state index in [2.05, 4.69) is 0 Å². The van der Waals surface area contributed by atoms with E-state index in [0.717, 1.165) is 31.4 Å². The molecular weight excluding hydrogens is 212 g/mol. The summed E-state index contributed by atoms with van der Waals surface area (Å²) in [4.78, 5) is 11.7. The highest BCUT2D eigenvalue weighted by Gasteiger charge is 2.34. The predicted octanol–water partition coefficient (Wildman–Crippen LogP) is 2.42. The number of rotatable bonds is 3. The van der Waals surface area contributed by atoms with Gasteiger partial charge in [0.1, 0.15) is 0 Å². The number of halogens is 2. The zero-order valence-corrected chi connectivity index (χ0v) is 8.80. The van der Waals surface area contributed by atoms with Gasteiger partial charge in [-0.2, -0.15) is 0 Å². The number of carbonyl (C=O) groups is 1. The van der Waals surface area contributed by atoms with Gasteiger partial charge in [-0.25, -0.2) is 8.78 Å². The monoisotopic (exact) mass is 225 g/mol. The lowest BCUT2D eigenvalue weighted by Crippen LogP contribution is -2.48. The molecule has 0 aliphatic heterocycles. The quantitative estimate of drug-likeness (QED) is 0.803. The average Bonchev–Trinajstić information content (AvgIpc) is 2.19. The highest BCUT2D eigenvalue weighted by Crippen LogP contribution is 2.33. The van der Waals surface area contributed by atoms with Gasteiger partial charge in [0.05, 0.1) is 0 Å². The van der Waals surface area contributed by atoms with E-state index in [1.54, 1.807) is 0 Å². The summed E-state index contributed by atoms with van der Waals surface area (Å²) in [6, 6.07) is 3.19. The first kappa shape index (κ1) is 11.2. The molecule has 1 saturated carbocycles. The Morgan fingerprint density at radius 2 is 2.00 bits per heavy atom. The first-order valence-electron chi connectivity index (χ1n) is 5.27. The molecule has 1 aliphatic carbocycles. The Morgan fingerprint density at radius 1 is 1.31 bits per heavy atom. The predicted molar refractivity (Wildman–Crippen MR) is 56.1 cm³/mol. The number of nitrogens with two attached hydrogens (primary N) is 1. The fourth-order valence-corrected chi connectivity index (χ4v) is 1.90. The van der Waals surface area contributed by atoms with Crippen LogP contribution in [0.2, 0.25) is 0 Å². The van der Waals surface area contributed by atoms with Gasteiger partial charge in [-0.3, -0.25) is 4.79 Å². The van der Waals surface area contributed by atoms with Crippen molar-refractivity contribution in [1.82, 2.24) is 0 Å². The Hall–Kier alpha value is -1.29. The van der Waals surface area contributed by atoms with Crippen molar-refractivity contribution >= 4 is 5.78 Å². The molecule has 1 aromatic carbocycles. The van der Waals surface area contributed by atoms with Crippen molar-refractivity contribution in [2.45, 2.75) is 31.2 Å². The number of hydrogen-bond acceptors (Lipinski definition) is 2. The zero-order chi connectivity index (χ0) is 11.8. The van der Waals surface area contributed by atoms with Crippen molar-refractivity contribution in [2.75, 3.05) is 0 Å². The molecule has 2 rings (SSSR count). The fourth-order valence-electron chi connectivity index (χ4n) is 1.90. The molecule has 0 bridgehead atoms. The Kier molecular flexibility index (Phi) is 2.76. The molecule has 0 radical (unpaired) electrons. The second kappa shape index (κ2) is 3.94. The molecule has 1 aromatic rings. The molecule has 0 atom stereocenters. The van der Waals surface area contributed by atoms with Crippen molar-refractivity contribution in [1.29, 1.82) is 0 Å². The molecule has 4 heteroatoms. The Bertz CT molecular complexity index is 427. The average molecular weight is 225 g/mol. The summed E-state index contributed by atoms with van der Waals surface area (Å²) in [7, 11) is 0. The second-order valence-corrected chi connectivity index (χ2v) is 4.44. The maximum Gasteiger partial charge on any atom is 0.164 e. The molecule has 0 aromatic heterocycles. The Morgan fingerprint density at radius 3 is 2.50 bits per heavy atom. The topological polar surface area (TPSA) is 43.1 Å². The first-order valence-corrected chi connectivity index (χ1v) is 5.27. The SMILES string of the molecule is NC1(CC(=O)c2ccc(F)c(F)c2)CCC1. The van der Waals surface area contributed by atoms with Gasteiger partial charge in [0, 0.05) is 17.5 Å². The van der Waals surface area contributed by atoms with Crippen molar-refractivity contribution in [3.05, 3.63) is 35.4 Å². The van der Waals surface area contributed by atoms with Crippen LogP contribution in [0.15, 0.2) is 18.2 Å². The minimum Gasteiger partial charge on any atom is -0.325 e. The van der Waals surface area contributed by atoms with E-state index in [1.165, 1.54) is 6.07 Å². The fraction of sp³-hybridized carbons (Fsp3) is 0.417. The molecular formula is C12H13F2NO. The van der Waals surface area contributed by atoms with E-state index >= 15 is 0 Å². The summed E-state index contributed by atoms with van der Waals surface area (Å²) in [5, 5.41) is 0. The van der Waals surface area contributed by atoms with E-state index in [4.69, 9.17) is 5.73 Å². The third-order valence-corrected chi connectivity index (χ3v) is 3.10. The van der Waals surface area contributed by atoms with Crippen molar-refractivity contribution in [2.24, 2.45) is 5.73 Å². The van der Waals surface area contributed by atoms with Gasteiger partial charge in [0.25, 0.3) is 0 Å². The minimum absolute atomic E-state index is 0.190. The maximum absolute atomic E-state index is 12.9. The van der Waals surface area contributed by atoms with Gasteiger partial charge in [-0.05, 0) is 37.5 Å². The summed E-state index contributed by atoms with van der Waals surface area (Å²) in [5.74, 6) is -2.16. The van der Waals surface area contributed by atoms with Gasteiger partial charge in [-0.15, -0.1) is 0 Å². The largest absolute Gasteiger partial charge is 0.325 e. The maximum atomic E-state index is 12.9. The molecule has 2 N–H and O–H groups in total. The summed E-state index contributed by atoms with van der Waals surface area (Å²) < 4.78 is 25.6. The van der Waals surface area contributed by atoms with E-state index in [0.29, 0.717) is 0 Å². The number of Topliss-reactive ketones (excluding diaryl/α,β-unsaturated/α-hetero) is 1. The van der Waals surface area contributed by atoms with Crippen LogP contribution in [-0.4, -0.2) is 11.3 Å². The number of hydrogen-bond donors (Lipinski definition) is 1. The number of ketones is 1. The lowest BCUT2D eigenvalue weighted by molar-refractivity contribution is 0.0911. The molecule has 86 valence electrons. The highest BCUT2D eigenvalue weighted by molar-refractivity contribution is 5.96. The van der Waals surface area contributed by atoms with Crippen LogP contribution in [0.25, 0.3) is 0 Å². The van der Waals surface area contributed by atoms with E-state index < -0.39 is 17.2 Å². The van der Waals surface area contributed by atoms with Crippen molar-refractivity contribution in [3.8, 4) is 0 Å². The highest BCUT2D eigenvalue weighted by atomic mass is 19.2. The van der Waals surface area contributed by atoms with Crippen LogP contribution >= 0.6 is 0 Å². The molecule has 16 heavy (non-hydrogen) atoms. The summed E-state index contributed by atoms with van der Waals surface area (Å²) in [5.41, 5.74) is 5.68. The van der Waals surface area contributed by atoms with Gasteiger partial charge in [-0.1, -0.05) is 0 Å². The van der Waals surface area contributed by atoms with Crippen LogP contribution in [0, 0.1) is 11.6 Å². The molecule has 0 spiro atoms. The summed E-state index contributed by atoms with van der Waals surface area (Å²) in [6.07, 6.45) is 2.88. The lowest BCUT2D eigenvalue weighted by Gasteiger charge is -2.37. The van der Waals surface area contributed by atoms with Crippen LogP contribution in [0.3, 0.4) is 0 Å². The van der Waals surface area contributed by atoms with Gasteiger partial charge >= 0.3 is 0 Å². The molecule has 0 heterocycles. The summed E-state index contributed by atoms with van der Waals surface area (Å²) >= 11 is 0. The standard InChI is InChI=1S/C12H13F2NO/c13-9-3-2-8(6-10(9)14)11(16)7-12(15)4-1-5-12/h2-3,6H,1,4-5,7,15H2. The van der Waals surface area contributed by atoms with E-state index in [-0.39, 0.29) is 17.8 Å². The molecule has 0 unspecified atom stereocenters. The Balaban J connectivity index is 2.11.